The maximum atomic E-state index is 11.0. The fraction of sp³-hybridized carbons (Fsp3) is 0.720. The summed E-state index contributed by atoms with van der Waals surface area (Å²) < 4.78 is 17.5. The molecule has 0 spiro atoms. The van der Waals surface area contributed by atoms with E-state index in [2.05, 4.69) is 87.4 Å². The average molecular weight is 469 g/mol. The minimum atomic E-state index is -1.66. The van der Waals surface area contributed by atoms with Crippen LogP contribution in [0.5, 0.6) is 0 Å². The van der Waals surface area contributed by atoms with Gasteiger partial charge in [0.2, 0.25) is 0 Å². The fourth-order valence-electron chi connectivity index (χ4n) is 3.12. The van der Waals surface area contributed by atoms with Crippen LogP contribution in [-0.2, 0) is 18.4 Å². The monoisotopic (exact) mass is 468 g/mol. The lowest BCUT2D eigenvalue weighted by atomic mass is 10.1. The van der Waals surface area contributed by atoms with E-state index < -0.39 is 16.6 Å². The zero-order valence-corrected chi connectivity index (χ0v) is 23.4. The van der Waals surface area contributed by atoms with Crippen molar-refractivity contribution in [3.63, 3.8) is 0 Å². The lowest BCUT2D eigenvalue weighted by Gasteiger charge is -2.34. The topological polar surface area (TPSA) is 44.8 Å². The smallest absolute Gasteiger partial charge is 0.305 e. The molecule has 0 radical (unpaired) electrons. The Morgan fingerprint density at radius 2 is 1.39 bits per heavy atom. The lowest BCUT2D eigenvalue weighted by molar-refractivity contribution is -0.140. The molecule has 0 aliphatic heterocycles. The van der Waals surface area contributed by atoms with Gasteiger partial charge in [-0.05, 0) is 65.0 Å². The number of hydrogen-bond acceptors (Lipinski definition) is 4. The molecule has 0 amide bonds. The van der Waals surface area contributed by atoms with Gasteiger partial charge in [-0.3, -0.25) is 4.79 Å². The predicted molar refractivity (Wildman–Crippen MR) is 138 cm³/mol. The number of rotatable bonds is 17. The molecular weight excluding hydrogens is 420 g/mol. The zero-order valence-electron chi connectivity index (χ0n) is 21.4. The first-order valence-electron chi connectivity index (χ1n) is 11.9. The van der Waals surface area contributed by atoms with Crippen LogP contribution in [0.15, 0.2) is 36.5 Å². The van der Waals surface area contributed by atoms with Gasteiger partial charge in [0, 0.05) is 6.42 Å². The van der Waals surface area contributed by atoms with E-state index >= 15 is 0 Å². The van der Waals surface area contributed by atoms with Crippen LogP contribution in [0.2, 0.25) is 39.3 Å². The van der Waals surface area contributed by atoms with Gasteiger partial charge in [0.25, 0.3) is 0 Å². The van der Waals surface area contributed by atoms with E-state index in [9.17, 15) is 4.79 Å². The molecule has 0 N–H and O–H groups in total. The minimum absolute atomic E-state index is 0.0104. The molecule has 0 unspecified atom stereocenters. The number of allylic oxidation sites excluding steroid dienone is 5. The van der Waals surface area contributed by atoms with Crippen LogP contribution in [0.25, 0.3) is 0 Å². The van der Waals surface area contributed by atoms with Crippen molar-refractivity contribution < 1.29 is 18.4 Å². The largest absolute Gasteiger partial charge is 0.469 e. The Kier molecular flexibility index (Phi) is 16.1. The van der Waals surface area contributed by atoms with Gasteiger partial charge >= 0.3 is 5.97 Å². The van der Waals surface area contributed by atoms with Crippen LogP contribution in [0.4, 0.5) is 0 Å². The summed E-state index contributed by atoms with van der Waals surface area (Å²) in [6, 6.07) is 0. The van der Waals surface area contributed by atoms with Crippen molar-refractivity contribution in [1.29, 1.82) is 0 Å². The van der Waals surface area contributed by atoms with Gasteiger partial charge in [-0.15, -0.1) is 0 Å². The van der Waals surface area contributed by atoms with Gasteiger partial charge in [0.15, 0.2) is 16.6 Å². The first kappa shape index (κ1) is 30.0. The van der Waals surface area contributed by atoms with Crippen molar-refractivity contribution >= 4 is 22.6 Å². The summed E-state index contributed by atoms with van der Waals surface area (Å²) >= 11 is 0. The van der Waals surface area contributed by atoms with Gasteiger partial charge in [-0.25, -0.2) is 0 Å². The van der Waals surface area contributed by atoms with Crippen molar-refractivity contribution in [2.45, 2.75) is 110 Å². The number of methoxy groups -OCH3 is 1. The standard InChI is InChI=1S/C25H48O4Si2/c1-9-23(28-30(3,4)5)24(29-31(6,7)8)21-19-17-15-13-11-10-12-14-16-18-20-22-25(26)27-2/h11,13,15,17,19,21,23-24H,9-10,12,14,16,18,20,22H2,1-8H3/b13-11-,17-15+,21-19+/t23-,24-/m0/s1. The van der Waals surface area contributed by atoms with Crippen molar-refractivity contribution in [2.75, 3.05) is 7.11 Å². The highest BCUT2D eigenvalue weighted by Gasteiger charge is 2.29. The molecular formula is C25H48O4Si2. The quantitative estimate of drug-likeness (QED) is 0.0964. The van der Waals surface area contributed by atoms with Crippen molar-refractivity contribution in [3.05, 3.63) is 36.5 Å². The highest BCUT2D eigenvalue weighted by Crippen LogP contribution is 2.20. The third-order valence-corrected chi connectivity index (χ3v) is 6.50. The summed E-state index contributed by atoms with van der Waals surface area (Å²) in [5, 5.41) is 0. The van der Waals surface area contributed by atoms with Gasteiger partial charge in [0.05, 0.1) is 19.3 Å². The maximum absolute atomic E-state index is 11.0. The van der Waals surface area contributed by atoms with E-state index in [4.69, 9.17) is 8.85 Å². The number of esters is 1. The Morgan fingerprint density at radius 3 is 1.97 bits per heavy atom. The molecule has 0 aromatic heterocycles. The molecule has 0 aliphatic rings. The highest BCUT2D eigenvalue weighted by atomic mass is 28.4. The SMILES string of the molecule is CC[C@H](O[Si](C)(C)C)[C@H](/C=C/C=C/C=C\CCCCCCCC(=O)OC)O[Si](C)(C)C. The van der Waals surface area contributed by atoms with Crippen LogP contribution in [0, 0.1) is 0 Å². The molecule has 0 saturated heterocycles. The van der Waals surface area contributed by atoms with Gasteiger partial charge < -0.3 is 13.6 Å². The molecule has 31 heavy (non-hydrogen) atoms. The molecule has 0 rings (SSSR count). The van der Waals surface area contributed by atoms with Crippen molar-refractivity contribution in [2.24, 2.45) is 0 Å². The Hall–Kier alpha value is -0.956. The summed E-state index contributed by atoms with van der Waals surface area (Å²) in [5.41, 5.74) is 0. The molecule has 4 nitrogen and oxygen atoms in total. The number of carbonyl (C=O) groups excluding carboxylic acids is 1. The highest BCUT2D eigenvalue weighted by molar-refractivity contribution is 6.70. The van der Waals surface area contributed by atoms with Crippen LogP contribution in [-0.4, -0.2) is 41.9 Å². The molecule has 180 valence electrons. The third kappa shape index (κ3) is 19.5. The van der Waals surface area contributed by atoms with Crippen molar-refractivity contribution in [1.82, 2.24) is 0 Å². The summed E-state index contributed by atoms with van der Waals surface area (Å²) in [4.78, 5) is 11.0. The molecule has 6 heteroatoms. The van der Waals surface area contributed by atoms with E-state index in [0.29, 0.717) is 6.42 Å². The van der Waals surface area contributed by atoms with E-state index in [1.54, 1.807) is 0 Å². The summed E-state index contributed by atoms with van der Waals surface area (Å²) in [5.74, 6) is -0.101. The maximum Gasteiger partial charge on any atom is 0.305 e. The van der Waals surface area contributed by atoms with Crippen molar-refractivity contribution in [3.8, 4) is 0 Å². The molecule has 0 heterocycles. The molecule has 0 aliphatic carbocycles. The summed E-state index contributed by atoms with van der Waals surface area (Å²) in [6.07, 6.45) is 21.1. The first-order chi connectivity index (χ1) is 14.5. The molecule has 0 saturated carbocycles. The first-order valence-corrected chi connectivity index (χ1v) is 18.7. The molecule has 2 atom stereocenters. The fourth-order valence-corrected chi connectivity index (χ4v) is 5.38. The second-order valence-corrected chi connectivity index (χ2v) is 18.9. The predicted octanol–water partition coefficient (Wildman–Crippen LogP) is 7.41. The Bertz CT molecular complexity index is 557. The molecule has 0 bridgehead atoms. The Morgan fingerprint density at radius 1 is 0.806 bits per heavy atom. The Labute approximate surface area is 194 Å². The van der Waals surface area contributed by atoms with Crippen LogP contribution in [0.3, 0.4) is 0 Å². The van der Waals surface area contributed by atoms with Gasteiger partial charge in [0.1, 0.15) is 0 Å². The van der Waals surface area contributed by atoms with Crippen LogP contribution >= 0.6 is 0 Å². The van der Waals surface area contributed by atoms with Gasteiger partial charge in [-0.1, -0.05) is 62.6 Å². The Balaban J connectivity index is 4.35. The second kappa shape index (κ2) is 16.6. The number of carbonyl (C=O) groups is 1. The lowest BCUT2D eigenvalue weighted by Crippen LogP contribution is -2.43. The summed E-state index contributed by atoms with van der Waals surface area (Å²) in [6.45, 7) is 15.6. The van der Waals surface area contributed by atoms with Gasteiger partial charge in [-0.2, -0.15) is 0 Å². The second-order valence-electron chi connectivity index (χ2n) is 9.95. The zero-order chi connectivity index (χ0) is 23.8. The van der Waals surface area contributed by atoms with E-state index in [1.165, 1.54) is 26.4 Å². The average Bonchev–Trinajstić information content (AvgIpc) is 2.66. The molecule has 0 fully saturated rings. The van der Waals surface area contributed by atoms with Crippen LogP contribution in [0.1, 0.15) is 58.3 Å². The number of hydrogen-bond donors (Lipinski definition) is 0. The normalized spacial score (nSPS) is 15.2. The molecule has 0 aromatic rings. The van der Waals surface area contributed by atoms with Crippen LogP contribution < -0.4 is 0 Å². The summed E-state index contributed by atoms with van der Waals surface area (Å²) in [7, 11) is -1.83. The van der Waals surface area contributed by atoms with E-state index in [-0.39, 0.29) is 18.2 Å². The minimum Gasteiger partial charge on any atom is -0.469 e. The third-order valence-electron chi connectivity index (χ3n) is 4.51. The number of unbranched alkanes of at least 4 members (excludes halogenated alkanes) is 5. The van der Waals surface area contributed by atoms with E-state index in [0.717, 1.165) is 25.7 Å². The van der Waals surface area contributed by atoms with E-state index in [1.807, 2.05) is 0 Å². The number of ether oxygens (including phenoxy) is 1. The molecule has 0 aromatic carbocycles.